The van der Waals surface area contributed by atoms with E-state index >= 15 is 0 Å². The maximum absolute atomic E-state index is 2.64. The van der Waals surface area contributed by atoms with Crippen molar-refractivity contribution in [3.05, 3.63) is 264 Å². The average molecular weight is 777 g/mol. The molecular formula is C59H40N2. The molecule has 0 bridgehead atoms. The minimum atomic E-state index is -0.445. The molecule has 3 aliphatic carbocycles. The molecule has 2 heteroatoms. The van der Waals surface area contributed by atoms with Crippen LogP contribution in [0, 0.1) is 0 Å². The molecule has 0 aromatic heterocycles. The normalized spacial score (nSPS) is 17.0. The smallest absolute Gasteiger partial charge is 0.0726 e. The molecule has 2 unspecified atom stereocenters. The monoisotopic (exact) mass is 776 g/mol. The van der Waals surface area contributed by atoms with Crippen LogP contribution in [0.25, 0.3) is 38.6 Å². The quantitative estimate of drug-likeness (QED) is 0.172. The Morgan fingerprint density at radius 1 is 0.475 bits per heavy atom. The molecule has 61 heavy (non-hydrogen) atoms. The Balaban J connectivity index is 1.13. The van der Waals surface area contributed by atoms with Crippen LogP contribution in [0.4, 0.5) is 28.4 Å². The van der Waals surface area contributed by atoms with Gasteiger partial charge in [-0.2, -0.15) is 0 Å². The van der Waals surface area contributed by atoms with Gasteiger partial charge in [0.05, 0.1) is 28.5 Å². The fourth-order valence-corrected chi connectivity index (χ4v) is 11.5. The lowest BCUT2D eigenvalue weighted by atomic mass is 9.70. The van der Waals surface area contributed by atoms with E-state index in [0.717, 1.165) is 5.69 Å². The number of rotatable bonds is 5. The SMILES string of the molecule is C1=CC2c3c(N(c4ccccc4)c4cccc5c4-c4ccccc4C54c5ccccc5-c5ccccc54)cc4ccccc4c3N(c3ccccc3)C2C(c2ccccc2)=C1. The first-order valence-corrected chi connectivity index (χ1v) is 21.4. The molecule has 2 nitrogen and oxygen atoms in total. The summed E-state index contributed by atoms with van der Waals surface area (Å²) >= 11 is 0. The van der Waals surface area contributed by atoms with Gasteiger partial charge in [0.2, 0.25) is 0 Å². The van der Waals surface area contributed by atoms with Gasteiger partial charge < -0.3 is 9.80 Å². The molecule has 13 rings (SSSR count). The fraction of sp³-hybridized carbons (Fsp3) is 0.0508. The molecule has 1 heterocycles. The van der Waals surface area contributed by atoms with Gasteiger partial charge in [-0.25, -0.2) is 0 Å². The van der Waals surface area contributed by atoms with Crippen molar-refractivity contribution in [2.75, 3.05) is 9.80 Å². The second-order valence-electron chi connectivity index (χ2n) is 16.7. The summed E-state index contributed by atoms with van der Waals surface area (Å²) in [7, 11) is 0. The predicted molar refractivity (Wildman–Crippen MR) is 254 cm³/mol. The Hall–Kier alpha value is -7.68. The number of anilines is 5. The van der Waals surface area contributed by atoms with Gasteiger partial charge in [0.15, 0.2) is 0 Å². The lowest BCUT2D eigenvalue weighted by molar-refractivity contribution is 0.761. The lowest BCUT2D eigenvalue weighted by Gasteiger charge is -2.34. The van der Waals surface area contributed by atoms with E-state index in [2.05, 4.69) is 240 Å². The van der Waals surface area contributed by atoms with Gasteiger partial charge in [0.25, 0.3) is 0 Å². The summed E-state index contributed by atoms with van der Waals surface area (Å²) in [4.78, 5) is 5.23. The summed E-state index contributed by atoms with van der Waals surface area (Å²) in [6, 6.07) is 79.0. The average Bonchev–Trinajstić information content (AvgIpc) is 3.96. The molecule has 1 aliphatic heterocycles. The zero-order valence-corrected chi connectivity index (χ0v) is 33.5. The first-order valence-electron chi connectivity index (χ1n) is 21.4. The second kappa shape index (κ2) is 13.2. The molecule has 4 aliphatic rings. The minimum Gasteiger partial charge on any atom is -0.332 e. The van der Waals surface area contributed by atoms with Gasteiger partial charge in [-0.15, -0.1) is 0 Å². The van der Waals surface area contributed by atoms with Crippen molar-refractivity contribution in [3.8, 4) is 22.3 Å². The van der Waals surface area contributed by atoms with Crippen LogP contribution in [0.3, 0.4) is 0 Å². The van der Waals surface area contributed by atoms with Gasteiger partial charge in [-0.3, -0.25) is 0 Å². The van der Waals surface area contributed by atoms with Crippen LogP contribution in [0.1, 0.15) is 39.3 Å². The molecule has 286 valence electrons. The fourth-order valence-electron chi connectivity index (χ4n) is 11.5. The topological polar surface area (TPSA) is 6.48 Å². The lowest BCUT2D eigenvalue weighted by Crippen LogP contribution is -2.32. The van der Waals surface area contributed by atoms with Crippen molar-refractivity contribution in [1.82, 2.24) is 0 Å². The van der Waals surface area contributed by atoms with E-state index in [1.165, 1.54) is 94.7 Å². The third kappa shape index (κ3) is 4.68. The molecule has 9 aromatic carbocycles. The third-order valence-electron chi connectivity index (χ3n) is 13.8. The predicted octanol–water partition coefficient (Wildman–Crippen LogP) is 14.9. The van der Waals surface area contributed by atoms with E-state index in [9.17, 15) is 0 Å². The summed E-state index contributed by atoms with van der Waals surface area (Å²) in [5.74, 6) is 0.0743. The number of nitrogens with zero attached hydrogens (tertiary/aromatic N) is 2. The third-order valence-corrected chi connectivity index (χ3v) is 13.8. The van der Waals surface area contributed by atoms with Gasteiger partial charge in [0, 0.05) is 33.8 Å². The number of fused-ring (bicyclic) bond motifs is 15. The van der Waals surface area contributed by atoms with Gasteiger partial charge in [0.1, 0.15) is 0 Å². The summed E-state index contributed by atoms with van der Waals surface area (Å²) in [6.07, 6.45) is 7.09. The van der Waals surface area contributed by atoms with Gasteiger partial charge >= 0.3 is 0 Å². The Bertz CT molecular complexity index is 3230. The number of allylic oxidation sites excluding steroid dienone is 2. The molecule has 2 atom stereocenters. The number of para-hydroxylation sites is 2. The highest BCUT2D eigenvalue weighted by atomic mass is 15.2. The van der Waals surface area contributed by atoms with Crippen molar-refractivity contribution < 1.29 is 0 Å². The molecule has 9 aromatic rings. The van der Waals surface area contributed by atoms with Crippen LogP contribution >= 0.6 is 0 Å². The van der Waals surface area contributed by atoms with Crippen molar-refractivity contribution >= 4 is 44.8 Å². The first-order chi connectivity index (χ1) is 30.3. The van der Waals surface area contributed by atoms with Crippen LogP contribution in [-0.4, -0.2) is 6.04 Å². The van der Waals surface area contributed by atoms with E-state index in [1.807, 2.05) is 0 Å². The molecule has 1 spiro atoms. The number of benzene rings is 9. The van der Waals surface area contributed by atoms with E-state index in [1.54, 1.807) is 0 Å². The van der Waals surface area contributed by atoms with Gasteiger partial charge in [-0.1, -0.05) is 194 Å². The molecule has 0 radical (unpaired) electrons. The van der Waals surface area contributed by atoms with Crippen molar-refractivity contribution in [1.29, 1.82) is 0 Å². The van der Waals surface area contributed by atoms with Crippen LogP contribution < -0.4 is 9.80 Å². The Labute approximate surface area is 356 Å². The Morgan fingerprint density at radius 3 is 1.77 bits per heavy atom. The summed E-state index contributed by atoms with van der Waals surface area (Å²) in [6.45, 7) is 0. The van der Waals surface area contributed by atoms with Crippen molar-refractivity contribution in [2.45, 2.75) is 17.4 Å². The van der Waals surface area contributed by atoms with Gasteiger partial charge in [-0.05, 0) is 91.9 Å². The maximum Gasteiger partial charge on any atom is 0.0726 e. The Kier molecular flexibility index (Phi) is 7.38. The molecule has 0 amide bonds. The van der Waals surface area contributed by atoms with E-state index in [-0.39, 0.29) is 12.0 Å². The minimum absolute atomic E-state index is 0.0453. The van der Waals surface area contributed by atoms with Crippen LogP contribution in [0.5, 0.6) is 0 Å². The Morgan fingerprint density at radius 2 is 1.05 bits per heavy atom. The van der Waals surface area contributed by atoms with Crippen LogP contribution in [-0.2, 0) is 5.41 Å². The number of hydrogen-bond donors (Lipinski definition) is 0. The molecule has 0 fully saturated rings. The molecule has 0 saturated carbocycles. The van der Waals surface area contributed by atoms with E-state index < -0.39 is 5.41 Å². The largest absolute Gasteiger partial charge is 0.332 e. The highest BCUT2D eigenvalue weighted by Gasteiger charge is 2.53. The molecular weight excluding hydrogens is 737 g/mol. The number of hydrogen-bond acceptors (Lipinski definition) is 2. The molecule has 0 N–H and O–H groups in total. The highest BCUT2D eigenvalue weighted by Crippen LogP contribution is 2.66. The zero-order chi connectivity index (χ0) is 40.1. The highest BCUT2D eigenvalue weighted by molar-refractivity contribution is 6.09. The van der Waals surface area contributed by atoms with Crippen LogP contribution in [0.2, 0.25) is 0 Å². The first kappa shape index (κ1) is 34.2. The summed E-state index contributed by atoms with van der Waals surface area (Å²) < 4.78 is 0. The zero-order valence-electron chi connectivity index (χ0n) is 33.5. The van der Waals surface area contributed by atoms with Crippen molar-refractivity contribution in [2.24, 2.45) is 0 Å². The van der Waals surface area contributed by atoms with Crippen LogP contribution in [0.15, 0.2) is 231 Å². The van der Waals surface area contributed by atoms with E-state index in [0.29, 0.717) is 0 Å². The summed E-state index contributed by atoms with van der Waals surface area (Å²) in [5.41, 5.74) is 20.0. The standard InChI is InChI=1S/C59H40N2/c1-4-20-39(21-5-1)43-31-18-32-48-56-54(38-40-22-10-11-27-44(40)58(56)61(57(43)48)42-25-8-3-9-26-42)60(41-23-6-2-7-24-41)53-37-19-36-52-55(53)47-30-14-17-35-51(47)59(52)49-33-15-12-28-45(49)46-29-13-16-34-50(46)59/h1-38,48,57H. The van der Waals surface area contributed by atoms with Crippen molar-refractivity contribution in [3.63, 3.8) is 0 Å². The molecule has 0 saturated heterocycles. The second-order valence-corrected chi connectivity index (χ2v) is 16.7. The van der Waals surface area contributed by atoms with E-state index in [4.69, 9.17) is 0 Å². The maximum atomic E-state index is 2.64. The summed E-state index contributed by atoms with van der Waals surface area (Å²) in [5, 5.41) is 2.48.